The van der Waals surface area contributed by atoms with Crippen LogP contribution in [0.25, 0.3) is 11.4 Å². The molecule has 9 heteroatoms. The predicted molar refractivity (Wildman–Crippen MR) is 92.1 cm³/mol. The zero-order valence-electron chi connectivity index (χ0n) is 13.7. The summed E-state index contributed by atoms with van der Waals surface area (Å²) in [5.41, 5.74) is 1.63. The van der Waals surface area contributed by atoms with Crippen LogP contribution in [-0.2, 0) is 13.0 Å². The second-order valence-corrected chi connectivity index (χ2v) is 6.77. The minimum absolute atomic E-state index is 0.0948. The lowest BCUT2D eigenvalue weighted by molar-refractivity contribution is 0.0936. The number of hydrogen-bond acceptors (Lipinski definition) is 7. The van der Waals surface area contributed by atoms with Gasteiger partial charge in [0.15, 0.2) is 5.82 Å². The van der Waals surface area contributed by atoms with E-state index < -0.39 is 0 Å². The molecule has 0 saturated heterocycles. The molecule has 0 saturated carbocycles. The highest BCUT2D eigenvalue weighted by atomic mass is 32.1. The van der Waals surface area contributed by atoms with Crippen LogP contribution in [0.15, 0.2) is 24.5 Å². The first kappa shape index (κ1) is 15.8. The highest BCUT2D eigenvalue weighted by Crippen LogP contribution is 2.22. The summed E-state index contributed by atoms with van der Waals surface area (Å²) in [6, 6.07) is 3.97. The van der Waals surface area contributed by atoms with E-state index in [1.54, 1.807) is 19.3 Å². The van der Waals surface area contributed by atoms with Crippen molar-refractivity contribution in [3.05, 3.63) is 40.9 Å². The van der Waals surface area contributed by atoms with Crippen LogP contribution in [0.2, 0.25) is 0 Å². The molecule has 1 aliphatic heterocycles. The summed E-state index contributed by atoms with van der Waals surface area (Å²) in [4.78, 5) is 17.1. The van der Waals surface area contributed by atoms with Crippen molar-refractivity contribution in [3.8, 4) is 11.4 Å². The molecule has 0 fully saturated rings. The Morgan fingerprint density at radius 3 is 3.00 bits per heavy atom. The molecule has 25 heavy (non-hydrogen) atoms. The Hall–Kier alpha value is -2.68. The first-order valence-electron chi connectivity index (χ1n) is 8.14. The first-order chi connectivity index (χ1) is 12.2. The van der Waals surface area contributed by atoms with E-state index >= 15 is 0 Å². The zero-order valence-corrected chi connectivity index (χ0v) is 14.5. The largest absolute Gasteiger partial charge is 0.348 e. The zero-order chi connectivity index (χ0) is 17.2. The van der Waals surface area contributed by atoms with Gasteiger partial charge in [0, 0.05) is 37.0 Å². The summed E-state index contributed by atoms with van der Waals surface area (Å²) < 4.78 is 5.95. The highest BCUT2D eigenvalue weighted by molar-refractivity contribution is 7.08. The number of rotatable bonds is 3. The lowest BCUT2D eigenvalue weighted by Crippen LogP contribution is -2.35. The standard InChI is InChI=1S/C16H17N7OS/c1-10-14(25-22-19-10)16(24)18-12-4-5-13-20-21-15(23(13)8-6-12)11-3-2-7-17-9-11/h2-3,7,9,12H,4-6,8H2,1H3,(H,18,24). The van der Waals surface area contributed by atoms with Crippen molar-refractivity contribution >= 4 is 17.4 Å². The maximum absolute atomic E-state index is 12.4. The van der Waals surface area contributed by atoms with Crippen LogP contribution in [0.5, 0.6) is 0 Å². The number of nitrogens with one attached hydrogen (secondary N) is 1. The molecule has 3 aromatic heterocycles. The minimum Gasteiger partial charge on any atom is -0.348 e. The van der Waals surface area contributed by atoms with Gasteiger partial charge in [-0.3, -0.25) is 9.78 Å². The molecule has 0 bridgehead atoms. The Labute approximate surface area is 148 Å². The van der Waals surface area contributed by atoms with Gasteiger partial charge in [-0.05, 0) is 43.4 Å². The molecule has 4 rings (SSSR count). The van der Waals surface area contributed by atoms with Crippen molar-refractivity contribution < 1.29 is 4.79 Å². The lowest BCUT2D eigenvalue weighted by atomic mass is 10.1. The summed E-state index contributed by atoms with van der Waals surface area (Å²) in [6.45, 7) is 2.56. The van der Waals surface area contributed by atoms with E-state index in [1.807, 2.05) is 12.1 Å². The molecular formula is C16H17N7OS. The van der Waals surface area contributed by atoms with Crippen molar-refractivity contribution in [3.63, 3.8) is 0 Å². The van der Waals surface area contributed by atoms with Crippen molar-refractivity contribution in [1.29, 1.82) is 0 Å². The fraction of sp³-hybridized carbons (Fsp3) is 0.375. The molecule has 1 N–H and O–H groups in total. The average molecular weight is 355 g/mol. The molecule has 1 amide bonds. The molecule has 0 aromatic carbocycles. The molecule has 8 nitrogen and oxygen atoms in total. The van der Waals surface area contributed by atoms with Gasteiger partial charge in [-0.15, -0.1) is 15.3 Å². The molecule has 1 unspecified atom stereocenters. The number of carbonyl (C=O) groups excluding carboxylic acids is 1. The summed E-state index contributed by atoms with van der Waals surface area (Å²) >= 11 is 1.13. The van der Waals surface area contributed by atoms with Crippen molar-refractivity contribution in [2.45, 2.75) is 38.8 Å². The van der Waals surface area contributed by atoms with E-state index in [0.717, 1.165) is 54.6 Å². The molecule has 128 valence electrons. The van der Waals surface area contributed by atoms with Gasteiger partial charge in [0.1, 0.15) is 10.7 Å². The number of hydrogen-bond donors (Lipinski definition) is 1. The molecular weight excluding hydrogens is 338 g/mol. The topological polar surface area (TPSA) is 98.5 Å². The Kier molecular flexibility index (Phi) is 4.22. The van der Waals surface area contributed by atoms with Crippen molar-refractivity contribution in [1.82, 2.24) is 34.7 Å². The number of carbonyl (C=O) groups is 1. The molecule has 4 heterocycles. The van der Waals surface area contributed by atoms with Crippen LogP contribution in [0.3, 0.4) is 0 Å². The normalized spacial score (nSPS) is 16.9. The van der Waals surface area contributed by atoms with Crippen LogP contribution in [0.1, 0.15) is 34.0 Å². The third kappa shape index (κ3) is 3.14. The molecule has 0 spiro atoms. The number of aromatic nitrogens is 6. The van der Waals surface area contributed by atoms with E-state index in [4.69, 9.17) is 0 Å². The smallest absolute Gasteiger partial charge is 0.265 e. The number of aryl methyl sites for hydroxylation is 2. The Morgan fingerprint density at radius 1 is 1.32 bits per heavy atom. The van der Waals surface area contributed by atoms with Gasteiger partial charge >= 0.3 is 0 Å². The predicted octanol–water partition coefficient (Wildman–Crippen LogP) is 1.63. The molecule has 3 aromatic rings. The van der Waals surface area contributed by atoms with Crippen LogP contribution < -0.4 is 5.32 Å². The van der Waals surface area contributed by atoms with Crippen LogP contribution >= 0.6 is 11.5 Å². The van der Waals surface area contributed by atoms with Gasteiger partial charge in [0.2, 0.25) is 0 Å². The number of pyridine rings is 1. The second-order valence-electron chi connectivity index (χ2n) is 6.02. The van der Waals surface area contributed by atoms with Crippen molar-refractivity contribution in [2.75, 3.05) is 0 Å². The Balaban J connectivity index is 1.48. The van der Waals surface area contributed by atoms with Gasteiger partial charge in [-0.25, -0.2) is 0 Å². The fourth-order valence-electron chi connectivity index (χ4n) is 3.03. The Bertz CT molecular complexity index is 889. The molecule has 0 aliphatic carbocycles. The third-order valence-electron chi connectivity index (χ3n) is 4.36. The summed E-state index contributed by atoms with van der Waals surface area (Å²) in [6.07, 6.45) is 5.97. The summed E-state index contributed by atoms with van der Waals surface area (Å²) in [5.74, 6) is 1.69. The molecule has 0 radical (unpaired) electrons. The van der Waals surface area contributed by atoms with Gasteiger partial charge in [-0.2, -0.15) is 0 Å². The summed E-state index contributed by atoms with van der Waals surface area (Å²) in [5, 5.41) is 15.6. The van der Waals surface area contributed by atoms with Crippen LogP contribution in [0, 0.1) is 6.92 Å². The number of nitrogens with zero attached hydrogens (tertiary/aromatic N) is 6. The van der Waals surface area contributed by atoms with Gasteiger partial charge in [0.05, 0.1) is 5.69 Å². The van der Waals surface area contributed by atoms with Gasteiger partial charge < -0.3 is 9.88 Å². The van der Waals surface area contributed by atoms with Crippen LogP contribution in [-0.4, -0.2) is 41.3 Å². The maximum Gasteiger partial charge on any atom is 0.265 e. The monoisotopic (exact) mass is 355 g/mol. The molecule has 1 atom stereocenters. The van der Waals surface area contributed by atoms with E-state index in [9.17, 15) is 4.79 Å². The fourth-order valence-corrected chi connectivity index (χ4v) is 3.59. The summed E-state index contributed by atoms with van der Waals surface area (Å²) in [7, 11) is 0. The quantitative estimate of drug-likeness (QED) is 0.767. The number of fused-ring (bicyclic) bond motifs is 1. The first-order valence-corrected chi connectivity index (χ1v) is 8.92. The van der Waals surface area contributed by atoms with E-state index in [-0.39, 0.29) is 11.9 Å². The van der Waals surface area contributed by atoms with E-state index in [2.05, 4.69) is 34.7 Å². The third-order valence-corrected chi connectivity index (χ3v) is 5.18. The van der Waals surface area contributed by atoms with E-state index in [0.29, 0.717) is 10.6 Å². The minimum atomic E-state index is -0.0948. The van der Waals surface area contributed by atoms with Crippen LogP contribution in [0.4, 0.5) is 0 Å². The van der Waals surface area contributed by atoms with Gasteiger partial charge in [-0.1, -0.05) is 4.49 Å². The number of amides is 1. The Morgan fingerprint density at radius 2 is 2.24 bits per heavy atom. The maximum atomic E-state index is 12.4. The lowest BCUT2D eigenvalue weighted by Gasteiger charge is -2.15. The van der Waals surface area contributed by atoms with E-state index in [1.165, 1.54) is 0 Å². The highest BCUT2D eigenvalue weighted by Gasteiger charge is 2.23. The SMILES string of the molecule is Cc1nnsc1C(=O)NC1CCc2nnc(-c3cccnc3)n2CC1. The second kappa shape index (κ2) is 6.67. The molecule has 1 aliphatic rings. The average Bonchev–Trinajstić information content (AvgIpc) is 3.19. The van der Waals surface area contributed by atoms with Gasteiger partial charge in [0.25, 0.3) is 5.91 Å². The van der Waals surface area contributed by atoms with Crippen molar-refractivity contribution in [2.24, 2.45) is 0 Å².